The highest BCUT2D eigenvalue weighted by Crippen LogP contribution is 2.25. The molecule has 1 aromatic rings. The monoisotopic (exact) mass is 268 g/mol. The van der Waals surface area contributed by atoms with Gasteiger partial charge in [-0.25, -0.2) is 0 Å². The van der Waals surface area contributed by atoms with Gasteiger partial charge in [0.05, 0.1) is 0 Å². The highest BCUT2D eigenvalue weighted by atomic mass is 32.1. The van der Waals surface area contributed by atoms with Gasteiger partial charge in [-0.05, 0) is 31.6 Å². The maximum Gasteiger partial charge on any atom is 0.282 e. The molecule has 2 N–H and O–H groups in total. The second-order valence-electron chi connectivity index (χ2n) is 4.93. The van der Waals surface area contributed by atoms with E-state index in [1.807, 2.05) is 0 Å². The molecule has 1 saturated carbocycles. The highest BCUT2D eigenvalue weighted by molar-refractivity contribution is 7.17. The Hall–Kier alpha value is -1.17. The van der Waals surface area contributed by atoms with Crippen LogP contribution in [0.3, 0.4) is 0 Å². The van der Waals surface area contributed by atoms with E-state index in [2.05, 4.69) is 34.7 Å². The van der Waals surface area contributed by atoms with Crippen LogP contribution < -0.4 is 10.6 Å². The lowest BCUT2D eigenvalue weighted by Crippen LogP contribution is -2.32. The van der Waals surface area contributed by atoms with Crippen LogP contribution in [0.2, 0.25) is 0 Å². The summed E-state index contributed by atoms with van der Waals surface area (Å²) >= 11 is 1.32. The van der Waals surface area contributed by atoms with Gasteiger partial charge in [-0.15, -0.1) is 10.2 Å². The Bertz CT molecular complexity index is 407. The lowest BCUT2D eigenvalue weighted by molar-refractivity contribution is 0.0936. The molecule has 2 rings (SSSR count). The van der Waals surface area contributed by atoms with E-state index >= 15 is 0 Å². The minimum Gasteiger partial charge on any atom is -0.360 e. The van der Waals surface area contributed by atoms with Crippen molar-refractivity contribution >= 4 is 22.4 Å². The predicted molar refractivity (Wildman–Crippen MR) is 73.0 cm³/mol. The lowest BCUT2D eigenvalue weighted by atomic mass is 10.1. The van der Waals surface area contributed by atoms with Gasteiger partial charge in [0.25, 0.3) is 5.91 Å². The number of carbonyl (C=O) groups excluding carboxylic acids is 1. The zero-order chi connectivity index (χ0) is 13.0. The fourth-order valence-electron chi connectivity index (χ4n) is 2.20. The molecule has 5 nitrogen and oxygen atoms in total. The van der Waals surface area contributed by atoms with Gasteiger partial charge in [0.1, 0.15) is 0 Å². The number of amides is 1. The molecule has 1 amide bonds. The van der Waals surface area contributed by atoms with Crippen molar-refractivity contribution in [3.8, 4) is 0 Å². The highest BCUT2D eigenvalue weighted by Gasteiger charge is 2.24. The average Bonchev–Trinajstić information content (AvgIpc) is 2.96. The number of hydrogen-bond donors (Lipinski definition) is 2. The number of carbonyl (C=O) groups is 1. The first-order chi connectivity index (χ1) is 8.69. The van der Waals surface area contributed by atoms with Crippen molar-refractivity contribution in [3.63, 3.8) is 0 Å². The van der Waals surface area contributed by atoms with Gasteiger partial charge in [0.15, 0.2) is 0 Å². The number of rotatable bonds is 5. The van der Waals surface area contributed by atoms with Gasteiger partial charge < -0.3 is 10.6 Å². The second-order valence-corrected chi connectivity index (χ2v) is 5.91. The maximum absolute atomic E-state index is 12.0. The first kappa shape index (κ1) is 13.3. The van der Waals surface area contributed by atoms with Crippen molar-refractivity contribution in [2.75, 3.05) is 11.9 Å². The molecule has 0 spiro atoms. The lowest BCUT2D eigenvalue weighted by Gasteiger charge is -2.10. The molecule has 0 radical (unpaired) electrons. The largest absolute Gasteiger partial charge is 0.360 e. The molecule has 0 bridgehead atoms. The Morgan fingerprint density at radius 2 is 2.28 bits per heavy atom. The Labute approximate surface area is 111 Å². The molecule has 1 heterocycles. The molecule has 1 aromatic heterocycles. The smallest absolute Gasteiger partial charge is 0.282 e. The van der Waals surface area contributed by atoms with Crippen LogP contribution in [0.4, 0.5) is 5.13 Å². The summed E-state index contributed by atoms with van der Waals surface area (Å²) in [7, 11) is 0. The number of nitrogens with zero attached hydrogens (tertiary/aromatic N) is 2. The van der Waals surface area contributed by atoms with Crippen LogP contribution in [-0.4, -0.2) is 28.7 Å². The molecule has 1 aliphatic rings. The molecule has 0 aliphatic heterocycles. The third kappa shape index (κ3) is 3.41. The quantitative estimate of drug-likeness (QED) is 0.859. The Kier molecular flexibility index (Phi) is 4.52. The van der Waals surface area contributed by atoms with Gasteiger partial charge in [-0.2, -0.15) is 0 Å². The first-order valence-electron chi connectivity index (χ1n) is 6.57. The van der Waals surface area contributed by atoms with E-state index in [1.54, 1.807) is 0 Å². The number of nitrogens with one attached hydrogen (secondary N) is 2. The van der Waals surface area contributed by atoms with Crippen LogP contribution in [-0.2, 0) is 0 Å². The second kappa shape index (κ2) is 6.13. The van der Waals surface area contributed by atoms with E-state index in [0.717, 1.165) is 30.9 Å². The van der Waals surface area contributed by atoms with Gasteiger partial charge in [0.2, 0.25) is 10.1 Å². The zero-order valence-electron chi connectivity index (χ0n) is 10.9. The zero-order valence-corrected chi connectivity index (χ0v) is 11.7. The van der Waals surface area contributed by atoms with Crippen molar-refractivity contribution < 1.29 is 4.79 Å². The van der Waals surface area contributed by atoms with Crippen LogP contribution in [0.5, 0.6) is 0 Å². The number of hydrogen-bond acceptors (Lipinski definition) is 5. The molecule has 0 aromatic carbocycles. The van der Waals surface area contributed by atoms with Crippen molar-refractivity contribution in [1.82, 2.24) is 15.5 Å². The minimum absolute atomic E-state index is 0.0869. The fourth-order valence-corrected chi connectivity index (χ4v) is 2.88. The third-order valence-electron chi connectivity index (χ3n) is 3.18. The van der Waals surface area contributed by atoms with Gasteiger partial charge >= 0.3 is 0 Å². The third-order valence-corrected chi connectivity index (χ3v) is 4.06. The van der Waals surface area contributed by atoms with E-state index in [1.165, 1.54) is 17.8 Å². The molecular weight excluding hydrogens is 248 g/mol. The number of aromatic nitrogens is 2. The van der Waals surface area contributed by atoms with Crippen LogP contribution >= 0.6 is 11.3 Å². The van der Waals surface area contributed by atoms with Gasteiger partial charge in [-0.3, -0.25) is 4.79 Å². The molecule has 1 aliphatic carbocycles. The molecule has 2 atom stereocenters. The van der Waals surface area contributed by atoms with E-state index in [-0.39, 0.29) is 5.91 Å². The van der Waals surface area contributed by atoms with E-state index in [0.29, 0.717) is 17.0 Å². The van der Waals surface area contributed by atoms with Crippen LogP contribution in [0.25, 0.3) is 0 Å². The Morgan fingerprint density at radius 3 is 2.94 bits per heavy atom. The van der Waals surface area contributed by atoms with Gasteiger partial charge in [-0.1, -0.05) is 25.2 Å². The summed E-state index contributed by atoms with van der Waals surface area (Å²) in [6, 6.07) is 0.309. The fraction of sp³-hybridized carbons (Fsp3) is 0.750. The molecule has 18 heavy (non-hydrogen) atoms. The van der Waals surface area contributed by atoms with Crippen molar-refractivity contribution in [2.45, 2.75) is 45.6 Å². The van der Waals surface area contributed by atoms with Crippen molar-refractivity contribution in [2.24, 2.45) is 5.92 Å². The Balaban J connectivity index is 1.86. The molecule has 1 fully saturated rings. The standard InChI is InChI=1S/C12H20N4OS/c1-3-6-13-12-16-15-11(18-12)10(17)14-9-5-4-8(2)7-9/h8-9H,3-7H2,1-2H3,(H,13,16)(H,14,17). The summed E-state index contributed by atoms with van der Waals surface area (Å²) in [5, 5.41) is 15.2. The molecule has 6 heteroatoms. The molecule has 0 saturated heterocycles. The number of anilines is 1. The van der Waals surface area contributed by atoms with Crippen molar-refractivity contribution in [1.29, 1.82) is 0 Å². The summed E-state index contributed by atoms with van der Waals surface area (Å²) in [5.74, 6) is 0.627. The topological polar surface area (TPSA) is 66.9 Å². The van der Waals surface area contributed by atoms with E-state index in [4.69, 9.17) is 0 Å². The average molecular weight is 268 g/mol. The minimum atomic E-state index is -0.0869. The molecule has 2 unspecified atom stereocenters. The summed E-state index contributed by atoms with van der Waals surface area (Å²) in [4.78, 5) is 12.0. The van der Waals surface area contributed by atoms with E-state index < -0.39 is 0 Å². The van der Waals surface area contributed by atoms with Crippen LogP contribution in [0, 0.1) is 5.92 Å². The predicted octanol–water partition coefficient (Wildman–Crippen LogP) is 2.28. The van der Waals surface area contributed by atoms with Gasteiger partial charge in [0, 0.05) is 12.6 Å². The SMILES string of the molecule is CCCNc1nnc(C(=O)NC2CCC(C)C2)s1. The molecule has 100 valence electrons. The summed E-state index contributed by atoms with van der Waals surface area (Å²) in [6.45, 7) is 5.17. The normalized spacial score (nSPS) is 23.0. The maximum atomic E-state index is 12.0. The molecular formula is C12H20N4OS. The van der Waals surface area contributed by atoms with Crippen LogP contribution in [0.15, 0.2) is 0 Å². The first-order valence-corrected chi connectivity index (χ1v) is 7.39. The summed E-state index contributed by atoms with van der Waals surface area (Å²) in [5.41, 5.74) is 0. The van der Waals surface area contributed by atoms with Crippen LogP contribution in [0.1, 0.15) is 49.3 Å². The van der Waals surface area contributed by atoms with Crippen molar-refractivity contribution in [3.05, 3.63) is 5.01 Å². The van der Waals surface area contributed by atoms with E-state index in [9.17, 15) is 4.79 Å². The Morgan fingerprint density at radius 1 is 1.44 bits per heavy atom. The summed E-state index contributed by atoms with van der Waals surface area (Å²) in [6.07, 6.45) is 4.38. The summed E-state index contributed by atoms with van der Waals surface area (Å²) < 4.78 is 0.